The maximum Gasteiger partial charge on any atom is 0.168 e. The molecule has 0 spiro atoms. The number of Topliss-reactive ketones (excluding diaryl/α,β-unsaturated/α-hetero) is 1. The van der Waals surface area contributed by atoms with Crippen LogP contribution < -0.4 is 0 Å². The SMILES string of the molecule is O=C(CS)COCCOCCO. The van der Waals surface area contributed by atoms with Crippen molar-refractivity contribution in [1.82, 2.24) is 0 Å². The Morgan fingerprint density at radius 2 is 1.92 bits per heavy atom. The van der Waals surface area contributed by atoms with Gasteiger partial charge in [0.25, 0.3) is 0 Å². The lowest BCUT2D eigenvalue weighted by Crippen LogP contribution is -2.13. The van der Waals surface area contributed by atoms with Gasteiger partial charge < -0.3 is 14.6 Å². The van der Waals surface area contributed by atoms with Crippen LogP contribution in [0.1, 0.15) is 0 Å². The molecule has 12 heavy (non-hydrogen) atoms. The van der Waals surface area contributed by atoms with Crippen LogP contribution >= 0.6 is 12.6 Å². The molecule has 0 rings (SSSR count). The standard InChI is InChI=1S/C7H14O4S/c8-1-2-10-3-4-11-5-7(9)6-12/h8,12H,1-6H2. The van der Waals surface area contributed by atoms with Crippen molar-refractivity contribution in [1.29, 1.82) is 0 Å². The van der Waals surface area contributed by atoms with Crippen molar-refractivity contribution in [3.05, 3.63) is 0 Å². The number of thiol groups is 1. The minimum atomic E-state index is -0.0412. The van der Waals surface area contributed by atoms with E-state index in [0.717, 1.165) is 0 Å². The van der Waals surface area contributed by atoms with Crippen LogP contribution in [0.25, 0.3) is 0 Å². The van der Waals surface area contributed by atoms with E-state index < -0.39 is 0 Å². The second-order valence-electron chi connectivity index (χ2n) is 2.09. The molecule has 4 nitrogen and oxygen atoms in total. The van der Waals surface area contributed by atoms with E-state index in [1.165, 1.54) is 0 Å². The van der Waals surface area contributed by atoms with Crippen molar-refractivity contribution >= 4 is 18.4 Å². The smallest absolute Gasteiger partial charge is 0.168 e. The molecule has 0 aliphatic carbocycles. The summed E-state index contributed by atoms with van der Waals surface area (Å²) >= 11 is 3.78. The number of hydrogen-bond donors (Lipinski definition) is 2. The van der Waals surface area contributed by atoms with Gasteiger partial charge in [0.15, 0.2) is 5.78 Å². The van der Waals surface area contributed by atoms with Gasteiger partial charge in [0.05, 0.1) is 32.2 Å². The van der Waals surface area contributed by atoms with Crippen molar-refractivity contribution < 1.29 is 19.4 Å². The number of ether oxygens (including phenoxy) is 2. The van der Waals surface area contributed by atoms with E-state index in [9.17, 15) is 4.79 Å². The topological polar surface area (TPSA) is 55.8 Å². The predicted molar refractivity (Wildman–Crippen MR) is 47.6 cm³/mol. The molecule has 0 unspecified atom stereocenters. The van der Waals surface area contributed by atoms with Crippen molar-refractivity contribution in [2.24, 2.45) is 0 Å². The van der Waals surface area contributed by atoms with Crippen LogP contribution in [0.2, 0.25) is 0 Å². The first-order valence-corrected chi connectivity index (χ1v) is 4.33. The number of aliphatic hydroxyl groups is 1. The minimum Gasteiger partial charge on any atom is -0.394 e. The molecule has 0 aromatic carbocycles. The van der Waals surface area contributed by atoms with Crippen LogP contribution in [0.3, 0.4) is 0 Å². The van der Waals surface area contributed by atoms with E-state index in [4.69, 9.17) is 14.6 Å². The molecule has 1 N–H and O–H groups in total. The molecular formula is C7H14O4S. The maximum absolute atomic E-state index is 10.6. The van der Waals surface area contributed by atoms with E-state index in [1.807, 2.05) is 0 Å². The van der Waals surface area contributed by atoms with Gasteiger partial charge in [-0.2, -0.15) is 12.6 Å². The Bertz CT molecular complexity index is 118. The van der Waals surface area contributed by atoms with Gasteiger partial charge in [-0.1, -0.05) is 0 Å². The lowest BCUT2D eigenvalue weighted by molar-refractivity contribution is -0.121. The zero-order valence-electron chi connectivity index (χ0n) is 6.86. The molecule has 0 saturated carbocycles. The highest BCUT2D eigenvalue weighted by Gasteiger charge is 1.97. The lowest BCUT2D eigenvalue weighted by atomic mass is 10.5. The van der Waals surface area contributed by atoms with Gasteiger partial charge in [0, 0.05) is 0 Å². The van der Waals surface area contributed by atoms with Gasteiger partial charge in [-0.3, -0.25) is 4.79 Å². The number of aliphatic hydroxyl groups excluding tert-OH is 1. The molecule has 0 aliphatic rings. The van der Waals surface area contributed by atoms with Gasteiger partial charge >= 0.3 is 0 Å². The zero-order valence-corrected chi connectivity index (χ0v) is 7.76. The van der Waals surface area contributed by atoms with E-state index in [1.54, 1.807) is 0 Å². The molecule has 0 bridgehead atoms. The monoisotopic (exact) mass is 194 g/mol. The van der Waals surface area contributed by atoms with E-state index >= 15 is 0 Å². The summed E-state index contributed by atoms with van der Waals surface area (Å²) in [6, 6.07) is 0. The van der Waals surface area contributed by atoms with E-state index in [2.05, 4.69) is 12.6 Å². The average molecular weight is 194 g/mol. The molecular weight excluding hydrogens is 180 g/mol. The molecule has 0 aromatic heterocycles. The number of rotatable bonds is 8. The number of carbonyl (C=O) groups is 1. The normalized spacial score (nSPS) is 10.2. The molecule has 0 amide bonds. The third kappa shape index (κ3) is 8.00. The van der Waals surface area contributed by atoms with Gasteiger partial charge in [0.2, 0.25) is 0 Å². The van der Waals surface area contributed by atoms with Gasteiger partial charge in [-0.15, -0.1) is 0 Å². The summed E-state index contributed by atoms with van der Waals surface area (Å²) in [7, 11) is 0. The largest absolute Gasteiger partial charge is 0.394 e. The molecule has 0 heterocycles. The average Bonchev–Trinajstić information content (AvgIpc) is 2.10. The molecule has 0 aliphatic heterocycles. The Hall–Kier alpha value is -0.100. The second-order valence-corrected chi connectivity index (χ2v) is 2.40. The van der Waals surface area contributed by atoms with Crippen molar-refractivity contribution in [2.45, 2.75) is 0 Å². The van der Waals surface area contributed by atoms with Crippen molar-refractivity contribution in [3.63, 3.8) is 0 Å². The van der Waals surface area contributed by atoms with Crippen molar-refractivity contribution in [3.8, 4) is 0 Å². The molecule has 0 fully saturated rings. The molecule has 72 valence electrons. The first-order valence-electron chi connectivity index (χ1n) is 3.70. The quantitative estimate of drug-likeness (QED) is 0.404. The van der Waals surface area contributed by atoms with Crippen LogP contribution in [0.15, 0.2) is 0 Å². The number of ketones is 1. The number of carbonyl (C=O) groups excluding carboxylic acids is 1. The maximum atomic E-state index is 10.6. The Labute approximate surface area is 77.3 Å². The third-order valence-corrected chi connectivity index (χ3v) is 1.40. The molecule has 0 radical (unpaired) electrons. The Kier molecular flexibility index (Phi) is 8.92. The van der Waals surface area contributed by atoms with Crippen LogP contribution in [0, 0.1) is 0 Å². The highest BCUT2D eigenvalue weighted by atomic mass is 32.1. The fraction of sp³-hybridized carbons (Fsp3) is 0.857. The van der Waals surface area contributed by atoms with E-state index in [0.29, 0.717) is 19.8 Å². The van der Waals surface area contributed by atoms with Crippen LogP contribution in [0.4, 0.5) is 0 Å². The Morgan fingerprint density at radius 3 is 2.50 bits per heavy atom. The predicted octanol–water partition coefficient (Wildman–Crippen LogP) is -0.489. The summed E-state index contributed by atoms with van der Waals surface area (Å²) in [5, 5.41) is 8.32. The van der Waals surface area contributed by atoms with E-state index in [-0.39, 0.29) is 24.7 Å². The molecule has 5 heteroatoms. The fourth-order valence-corrected chi connectivity index (χ4v) is 0.607. The summed E-state index contributed by atoms with van der Waals surface area (Å²) in [4.78, 5) is 10.6. The summed E-state index contributed by atoms with van der Waals surface area (Å²) in [5.74, 6) is 0.165. The van der Waals surface area contributed by atoms with Crippen molar-refractivity contribution in [2.75, 3.05) is 38.8 Å². The van der Waals surface area contributed by atoms with Gasteiger partial charge in [0.1, 0.15) is 6.61 Å². The second kappa shape index (κ2) is 8.99. The zero-order chi connectivity index (χ0) is 9.23. The minimum absolute atomic E-state index is 0.00949. The third-order valence-electron chi connectivity index (χ3n) is 1.05. The van der Waals surface area contributed by atoms with Crippen LogP contribution in [-0.4, -0.2) is 49.7 Å². The lowest BCUT2D eigenvalue weighted by Gasteiger charge is -2.02. The first kappa shape index (κ1) is 11.9. The Balaban J connectivity index is 2.95. The highest BCUT2D eigenvalue weighted by Crippen LogP contribution is 1.82. The summed E-state index contributed by atoms with van der Waals surface area (Å²) < 4.78 is 9.82. The summed E-state index contributed by atoms with van der Waals surface area (Å²) in [5.41, 5.74) is 0. The summed E-state index contributed by atoms with van der Waals surface area (Å²) in [6.45, 7) is 1.19. The first-order chi connectivity index (χ1) is 5.81. The Morgan fingerprint density at radius 1 is 1.25 bits per heavy atom. The highest BCUT2D eigenvalue weighted by molar-refractivity contribution is 7.81. The summed E-state index contributed by atoms with van der Waals surface area (Å²) in [6.07, 6.45) is 0. The number of hydrogen-bond acceptors (Lipinski definition) is 5. The van der Waals surface area contributed by atoms with Gasteiger partial charge in [-0.25, -0.2) is 0 Å². The molecule has 0 atom stereocenters. The molecule has 0 aromatic rings. The van der Waals surface area contributed by atoms with Crippen LogP contribution in [-0.2, 0) is 14.3 Å². The van der Waals surface area contributed by atoms with Crippen LogP contribution in [0.5, 0.6) is 0 Å². The fourth-order valence-electron chi connectivity index (χ4n) is 0.516. The molecule has 0 saturated heterocycles. The van der Waals surface area contributed by atoms with Gasteiger partial charge in [-0.05, 0) is 0 Å².